The molecular formula is C15H17BrFN3OS. The predicted molar refractivity (Wildman–Crippen MR) is 87.7 cm³/mol. The second kappa shape index (κ2) is 6.68. The number of rotatable bonds is 5. The number of thioether (sulfide) groups is 1. The van der Waals surface area contributed by atoms with Gasteiger partial charge in [0.1, 0.15) is 5.82 Å². The molecule has 0 spiro atoms. The normalized spacial score (nSPS) is 17.0. The Morgan fingerprint density at radius 3 is 2.82 bits per heavy atom. The van der Waals surface area contributed by atoms with E-state index in [1.807, 2.05) is 6.07 Å². The highest BCUT2D eigenvalue weighted by atomic mass is 79.9. The molecule has 1 aromatic heterocycles. The van der Waals surface area contributed by atoms with Gasteiger partial charge in [-0.2, -0.15) is 4.98 Å². The molecule has 0 amide bonds. The van der Waals surface area contributed by atoms with Gasteiger partial charge < -0.3 is 10.3 Å². The molecule has 1 heterocycles. The summed E-state index contributed by atoms with van der Waals surface area (Å²) in [4.78, 5) is 4.41. The minimum absolute atomic E-state index is 0.208. The highest BCUT2D eigenvalue weighted by Crippen LogP contribution is 2.34. The molecule has 0 saturated heterocycles. The van der Waals surface area contributed by atoms with Crippen molar-refractivity contribution in [2.45, 2.75) is 42.7 Å². The molecule has 4 nitrogen and oxygen atoms in total. The molecule has 2 aromatic rings. The standard InChI is InChI=1S/C15H17BrFN3OS/c16-11-4-3-10(12(17)7-11)8-22-9-13-19-14(20-21-13)15(18)5-1-2-6-15/h3-4,7H,1-2,5-6,8-9,18H2. The monoisotopic (exact) mass is 385 g/mol. The van der Waals surface area contributed by atoms with Crippen molar-refractivity contribution in [2.75, 3.05) is 0 Å². The van der Waals surface area contributed by atoms with Crippen molar-refractivity contribution in [1.29, 1.82) is 0 Å². The molecular weight excluding hydrogens is 369 g/mol. The van der Waals surface area contributed by atoms with Crippen LogP contribution in [0.1, 0.15) is 43.0 Å². The van der Waals surface area contributed by atoms with Gasteiger partial charge in [0, 0.05) is 10.2 Å². The van der Waals surface area contributed by atoms with E-state index in [1.54, 1.807) is 17.8 Å². The Balaban J connectivity index is 1.57. The first-order valence-electron chi connectivity index (χ1n) is 7.20. The van der Waals surface area contributed by atoms with Crippen molar-refractivity contribution in [1.82, 2.24) is 10.1 Å². The number of benzene rings is 1. The minimum Gasteiger partial charge on any atom is -0.338 e. The third-order valence-electron chi connectivity index (χ3n) is 3.91. The smallest absolute Gasteiger partial charge is 0.236 e. The Bertz CT molecular complexity index is 658. The van der Waals surface area contributed by atoms with Crippen molar-refractivity contribution < 1.29 is 8.91 Å². The maximum atomic E-state index is 13.7. The lowest BCUT2D eigenvalue weighted by Gasteiger charge is -2.17. The molecule has 2 N–H and O–H groups in total. The zero-order valence-electron chi connectivity index (χ0n) is 12.0. The van der Waals surface area contributed by atoms with Crippen LogP contribution in [0.3, 0.4) is 0 Å². The highest BCUT2D eigenvalue weighted by molar-refractivity contribution is 9.10. The van der Waals surface area contributed by atoms with Crippen molar-refractivity contribution in [3.63, 3.8) is 0 Å². The quantitative estimate of drug-likeness (QED) is 0.837. The Hall–Kier alpha value is -0.920. The maximum Gasteiger partial charge on any atom is 0.236 e. The van der Waals surface area contributed by atoms with Gasteiger partial charge in [0.25, 0.3) is 0 Å². The molecule has 1 aromatic carbocycles. The van der Waals surface area contributed by atoms with Gasteiger partial charge in [-0.1, -0.05) is 40.0 Å². The van der Waals surface area contributed by atoms with Gasteiger partial charge in [-0.15, -0.1) is 11.8 Å². The molecule has 1 aliphatic carbocycles. The lowest BCUT2D eigenvalue weighted by molar-refractivity contribution is 0.355. The Morgan fingerprint density at radius 2 is 2.09 bits per heavy atom. The first-order chi connectivity index (χ1) is 10.6. The highest BCUT2D eigenvalue weighted by Gasteiger charge is 2.35. The summed E-state index contributed by atoms with van der Waals surface area (Å²) < 4.78 is 19.7. The van der Waals surface area contributed by atoms with Crippen LogP contribution in [-0.2, 0) is 17.0 Å². The van der Waals surface area contributed by atoms with E-state index in [-0.39, 0.29) is 5.82 Å². The van der Waals surface area contributed by atoms with Crippen LogP contribution < -0.4 is 5.73 Å². The van der Waals surface area contributed by atoms with E-state index < -0.39 is 5.54 Å². The van der Waals surface area contributed by atoms with Crippen molar-refractivity contribution in [3.05, 3.63) is 45.8 Å². The summed E-state index contributed by atoms with van der Waals surface area (Å²) in [7, 11) is 0. The molecule has 22 heavy (non-hydrogen) atoms. The topological polar surface area (TPSA) is 64.9 Å². The zero-order chi connectivity index (χ0) is 15.6. The third kappa shape index (κ3) is 3.52. The molecule has 0 bridgehead atoms. The predicted octanol–water partition coefficient (Wildman–Crippen LogP) is 4.13. The van der Waals surface area contributed by atoms with Crippen LogP contribution in [0.15, 0.2) is 27.2 Å². The summed E-state index contributed by atoms with van der Waals surface area (Å²) >= 11 is 4.79. The molecule has 118 valence electrons. The van der Waals surface area contributed by atoms with Crippen LogP contribution in [-0.4, -0.2) is 10.1 Å². The van der Waals surface area contributed by atoms with Crippen molar-refractivity contribution in [3.8, 4) is 0 Å². The van der Waals surface area contributed by atoms with Gasteiger partial charge >= 0.3 is 0 Å². The fourth-order valence-corrected chi connectivity index (χ4v) is 3.81. The van der Waals surface area contributed by atoms with Gasteiger partial charge in [0.05, 0.1) is 11.3 Å². The number of aromatic nitrogens is 2. The molecule has 7 heteroatoms. The summed E-state index contributed by atoms with van der Waals surface area (Å²) in [6.45, 7) is 0. The molecule has 0 radical (unpaired) electrons. The average Bonchev–Trinajstić information content (AvgIpc) is 3.11. The molecule has 3 rings (SSSR count). The second-order valence-corrected chi connectivity index (χ2v) is 7.50. The Morgan fingerprint density at radius 1 is 1.32 bits per heavy atom. The molecule has 1 aliphatic rings. The van der Waals surface area contributed by atoms with Crippen LogP contribution >= 0.6 is 27.7 Å². The lowest BCUT2D eigenvalue weighted by Crippen LogP contribution is -2.34. The number of hydrogen-bond acceptors (Lipinski definition) is 5. The first-order valence-corrected chi connectivity index (χ1v) is 9.15. The van der Waals surface area contributed by atoms with Crippen LogP contribution in [0.4, 0.5) is 4.39 Å². The second-order valence-electron chi connectivity index (χ2n) is 5.60. The Labute approximate surface area is 141 Å². The van der Waals surface area contributed by atoms with Crippen LogP contribution in [0.5, 0.6) is 0 Å². The number of halogens is 2. The number of nitrogens with two attached hydrogens (primary N) is 1. The zero-order valence-corrected chi connectivity index (χ0v) is 14.4. The fourth-order valence-electron chi connectivity index (χ4n) is 2.63. The van der Waals surface area contributed by atoms with Crippen molar-refractivity contribution >= 4 is 27.7 Å². The summed E-state index contributed by atoms with van der Waals surface area (Å²) in [6.07, 6.45) is 4.03. The fraction of sp³-hybridized carbons (Fsp3) is 0.467. The minimum atomic E-state index is -0.426. The molecule has 0 aliphatic heterocycles. The van der Waals surface area contributed by atoms with Crippen LogP contribution in [0.2, 0.25) is 0 Å². The largest absolute Gasteiger partial charge is 0.338 e. The molecule has 0 atom stereocenters. The van der Waals surface area contributed by atoms with Gasteiger partial charge in [-0.25, -0.2) is 4.39 Å². The Kier molecular flexibility index (Phi) is 4.84. The van der Waals surface area contributed by atoms with E-state index in [1.165, 1.54) is 6.07 Å². The summed E-state index contributed by atoms with van der Waals surface area (Å²) in [5, 5.41) is 4.02. The van der Waals surface area contributed by atoms with Gasteiger partial charge in [0.2, 0.25) is 5.89 Å². The SMILES string of the molecule is NC1(c2noc(CSCc3ccc(Br)cc3F)n2)CCCC1. The van der Waals surface area contributed by atoms with Gasteiger partial charge in [0.15, 0.2) is 5.82 Å². The van der Waals surface area contributed by atoms with Crippen LogP contribution in [0.25, 0.3) is 0 Å². The summed E-state index contributed by atoms with van der Waals surface area (Å²) in [5.41, 5.74) is 6.54. The van der Waals surface area contributed by atoms with E-state index in [2.05, 4.69) is 26.1 Å². The molecule has 1 fully saturated rings. The number of nitrogens with zero attached hydrogens (tertiary/aromatic N) is 2. The van der Waals surface area contributed by atoms with E-state index in [0.717, 1.165) is 30.2 Å². The summed E-state index contributed by atoms with van der Waals surface area (Å²) in [6, 6.07) is 5.08. The molecule has 1 saturated carbocycles. The van der Waals surface area contributed by atoms with E-state index in [4.69, 9.17) is 10.3 Å². The lowest BCUT2D eigenvalue weighted by atomic mass is 9.99. The third-order valence-corrected chi connectivity index (χ3v) is 5.37. The summed E-state index contributed by atoms with van der Waals surface area (Å²) in [5.74, 6) is 2.06. The van der Waals surface area contributed by atoms with Crippen LogP contribution in [0, 0.1) is 5.82 Å². The van der Waals surface area contributed by atoms with E-state index in [9.17, 15) is 4.39 Å². The van der Waals surface area contributed by atoms with Crippen molar-refractivity contribution in [2.24, 2.45) is 5.73 Å². The van der Waals surface area contributed by atoms with E-state index >= 15 is 0 Å². The average molecular weight is 386 g/mol. The van der Waals surface area contributed by atoms with Gasteiger partial charge in [-0.05, 0) is 30.5 Å². The number of hydrogen-bond donors (Lipinski definition) is 1. The maximum absolute atomic E-state index is 13.7. The molecule has 0 unspecified atom stereocenters. The van der Waals surface area contributed by atoms with E-state index in [0.29, 0.717) is 28.8 Å². The van der Waals surface area contributed by atoms with Gasteiger partial charge in [-0.3, -0.25) is 0 Å². The first kappa shape index (κ1) is 16.0.